The van der Waals surface area contributed by atoms with Crippen LogP contribution in [0.5, 0.6) is 0 Å². The first-order valence-electron chi connectivity index (χ1n) is 9.08. The van der Waals surface area contributed by atoms with Gasteiger partial charge in [0.1, 0.15) is 6.42 Å². The summed E-state index contributed by atoms with van der Waals surface area (Å²) in [6.07, 6.45) is 5.37. The fraction of sp³-hybridized carbons (Fsp3) is 0.381. The Morgan fingerprint density at radius 1 is 1.12 bits per heavy atom. The minimum Gasteiger partial charge on any atom is -0.342 e. The molecule has 136 valence electrons. The molecule has 0 bridgehead atoms. The number of amides is 2. The average molecular weight is 351 g/mol. The monoisotopic (exact) mass is 351 g/mol. The van der Waals surface area contributed by atoms with Gasteiger partial charge in [-0.15, -0.1) is 0 Å². The SMILES string of the molecule is Cc1cccc(NC(=O)CC(=O)N2CCC(c3ccncc3)CC2)c1C. The number of nitrogens with one attached hydrogen (secondary N) is 1. The number of carbonyl (C=O) groups is 2. The lowest BCUT2D eigenvalue weighted by Crippen LogP contribution is -2.39. The van der Waals surface area contributed by atoms with Gasteiger partial charge in [0, 0.05) is 31.2 Å². The third kappa shape index (κ3) is 4.28. The zero-order valence-electron chi connectivity index (χ0n) is 15.4. The van der Waals surface area contributed by atoms with Crippen LogP contribution in [0.25, 0.3) is 0 Å². The molecule has 1 aliphatic heterocycles. The number of piperidine rings is 1. The number of rotatable bonds is 4. The van der Waals surface area contributed by atoms with Crippen LogP contribution < -0.4 is 5.32 Å². The van der Waals surface area contributed by atoms with Gasteiger partial charge in [0.2, 0.25) is 11.8 Å². The highest BCUT2D eigenvalue weighted by Crippen LogP contribution is 2.27. The van der Waals surface area contributed by atoms with Crippen LogP contribution in [0.1, 0.15) is 41.9 Å². The minimum absolute atomic E-state index is 0.0963. The smallest absolute Gasteiger partial charge is 0.233 e. The van der Waals surface area contributed by atoms with Crippen molar-refractivity contribution in [3.05, 3.63) is 59.4 Å². The molecule has 0 aliphatic carbocycles. The van der Waals surface area contributed by atoms with Crippen LogP contribution in [0.15, 0.2) is 42.7 Å². The largest absolute Gasteiger partial charge is 0.342 e. The molecule has 2 heterocycles. The van der Waals surface area contributed by atoms with E-state index in [-0.39, 0.29) is 18.2 Å². The molecule has 1 aliphatic rings. The molecule has 26 heavy (non-hydrogen) atoms. The molecule has 5 nitrogen and oxygen atoms in total. The van der Waals surface area contributed by atoms with E-state index in [1.807, 2.05) is 56.6 Å². The van der Waals surface area contributed by atoms with Crippen LogP contribution in [-0.4, -0.2) is 34.8 Å². The number of nitrogens with zero attached hydrogens (tertiary/aromatic N) is 2. The van der Waals surface area contributed by atoms with E-state index in [0.29, 0.717) is 19.0 Å². The molecule has 2 aromatic rings. The summed E-state index contributed by atoms with van der Waals surface area (Å²) in [5.41, 5.74) is 4.21. The van der Waals surface area contributed by atoms with Crippen molar-refractivity contribution in [3.8, 4) is 0 Å². The Balaban J connectivity index is 1.51. The maximum absolute atomic E-state index is 12.4. The summed E-state index contributed by atoms with van der Waals surface area (Å²) >= 11 is 0. The summed E-state index contributed by atoms with van der Waals surface area (Å²) in [6.45, 7) is 5.37. The third-order valence-electron chi connectivity index (χ3n) is 5.22. The zero-order chi connectivity index (χ0) is 18.5. The van der Waals surface area contributed by atoms with Gasteiger partial charge >= 0.3 is 0 Å². The molecule has 0 saturated carbocycles. The number of aromatic nitrogens is 1. The summed E-state index contributed by atoms with van der Waals surface area (Å²) in [5, 5.41) is 2.86. The first kappa shape index (κ1) is 18.1. The second-order valence-corrected chi connectivity index (χ2v) is 6.91. The number of likely N-dealkylation sites (tertiary alicyclic amines) is 1. The van der Waals surface area contributed by atoms with Crippen molar-refractivity contribution in [2.45, 2.75) is 39.0 Å². The van der Waals surface area contributed by atoms with Crippen LogP contribution in [0.4, 0.5) is 5.69 Å². The fourth-order valence-corrected chi connectivity index (χ4v) is 3.43. The second-order valence-electron chi connectivity index (χ2n) is 6.91. The molecule has 3 rings (SSSR count). The quantitative estimate of drug-likeness (QED) is 0.859. The van der Waals surface area contributed by atoms with E-state index in [1.165, 1.54) is 5.56 Å². The lowest BCUT2D eigenvalue weighted by Gasteiger charge is -2.32. The van der Waals surface area contributed by atoms with Crippen molar-refractivity contribution < 1.29 is 9.59 Å². The molecule has 1 N–H and O–H groups in total. The maximum atomic E-state index is 12.4. The molecule has 1 saturated heterocycles. The summed E-state index contributed by atoms with van der Waals surface area (Å²) in [5.74, 6) is 0.117. The number of pyridine rings is 1. The van der Waals surface area contributed by atoms with E-state index in [0.717, 1.165) is 29.7 Å². The normalized spacial score (nSPS) is 14.9. The van der Waals surface area contributed by atoms with Gasteiger partial charge in [0.25, 0.3) is 0 Å². The lowest BCUT2D eigenvalue weighted by molar-refractivity contribution is -0.135. The van der Waals surface area contributed by atoms with Gasteiger partial charge in [-0.05, 0) is 67.5 Å². The molecular formula is C21H25N3O2. The first-order valence-corrected chi connectivity index (χ1v) is 9.08. The molecule has 0 unspecified atom stereocenters. The lowest BCUT2D eigenvalue weighted by atomic mass is 9.90. The highest BCUT2D eigenvalue weighted by atomic mass is 16.2. The molecule has 0 atom stereocenters. The Labute approximate surface area is 154 Å². The van der Waals surface area contributed by atoms with Gasteiger partial charge in [-0.3, -0.25) is 14.6 Å². The Hall–Kier alpha value is -2.69. The number of benzene rings is 1. The molecule has 0 radical (unpaired) electrons. The highest BCUT2D eigenvalue weighted by Gasteiger charge is 2.25. The number of hydrogen-bond donors (Lipinski definition) is 1. The van der Waals surface area contributed by atoms with Crippen LogP contribution in [0.3, 0.4) is 0 Å². The van der Waals surface area contributed by atoms with Crippen molar-refractivity contribution in [3.63, 3.8) is 0 Å². The summed E-state index contributed by atoms with van der Waals surface area (Å²) in [7, 11) is 0. The van der Waals surface area contributed by atoms with Crippen LogP contribution >= 0.6 is 0 Å². The predicted molar refractivity (Wildman–Crippen MR) is 102 cm³/mol. The van der Waals surface area contributed by atoms with E-state index in [2.05, 4.69) is 10.3 Å². The molecule has 1 aromatic carbocycles. The van der Waals surface area contributed by atoms with Gasteiger partial charge in [0.05, 0.1) is 0 Å². The topological polar surface area (TPSA) is 62.3 Å². The zero-order valence-corrected chi connectivity index (χ0v) is 15.4. The van der Waals surface area contributed by atoms with Gasteiger partial charge < -0.3 is 10.2 Å². The third-order valence-corrected chi connectivity index (χ3v) is 5.22. The van der Waals surface area contributed by atoms with Crippen molar-refractivity contribution in [1.29, 1.82) is 0 Å². The van der Waals surface area contributed by atoms with Crippen molar-refractivity contribution in [2.24, 2.45) is 0 Å². The van der Waals surface area contributed by atoms with Crippen molar-refractivity contribution >= 4 is 17.5 Å². The minimum atomic E-state index is -0.250. The van der Waals surface area contributed by atoms with Crippen LogP contribution in [0.2, 0.25) is 0 Å². The second kappa shape index (κ2) is 8.13. The Kier molecular flexibility index (Phi) is 5.66. The maximum Gasteiger partial charge on any atom is 0.233 e. The van der Waals surface area contributed by atoms with E-state index < -0.39 is 0 Å². The summed E-state index contributed by atoms with van der Waals surface area (Å²) in [4.78, 5) is 30.6. The highest BCUT2D eigenvalue weighted by molar-refractivity contribution is 6.03. The predicted octanol–water partition coefficient (Wildman–Crippen LogP) is 3.43. The molecule has 1 aromatic heterocycles. The number of anilines is 1. The molecular weight excluding hydrogens is 326 g/mol. The van der Waals surface area contributed by atoms with Gasteiger partial charge in [-0.1, -0.05) is 12.1 Å². The van der Waals surface area contributed by atoms with Crippen molar-refractivity contribution in [1.82, 2.24) is 9.88 Å². The van der Waals surface area contributed by atoms with E-state index in [9.17, 15) is 9.59 Å². The van der Waals surface area contributed by atoms with Gasteiger partial charge in [-0.2, -0.15) is 0 Å². The first-order chi connectivity index (χ1) is 12.5. The number of carbonyl (C=O) groups excluding carboxylic acids is 2. The van der Waals surface area contributed by atoms with Gasteiger partial charge in [0.15, 0.2) is 0 Å². The van der Waals surface area contributed by atoms with Gasteiger partial charge in [-0.25, -0.2) is 0 Å². The average Bonchev–Trinajstić information content (AvgIpc) is 2.66. The Morgan fingerprint density at radius 2 is 1.81 bits per heavy atom. The van der Waals surface area contributed by atoms with E-state index in [4.69, 9.17) is 0 Å². The number of aryl methyl sites for hydroxylation is 1. The molecule has 1 fully saturated rings. The Morgan fingerprint density at radius 3 is 2.50 bits per heavy atom. The van der Waals surface area contributed by atoms with E-state index >= 15 is 0 Å². The summed E-state index contributed by atoms with van der Waals surface area (Å²) in [6, 6.07) is 9.86. The number of hydrogen-bond acceptors (Lipinski definition) is 3. The Bertz CT molecular complexity index is 781. The van der Waals surface area contributed by atoms with Crippen LogP contribution in [0, 0.1) is 13.8 Å². The molecule has 5 heteroatoms. The van der Waals surface area contributed by atoms with Crippen LogP contribution in [-0.2, 0) is 9.59 Å². The fourth-order valence-electron chi connectivity index (χ4n) is 3.43. The standard InChI is InChI=1S/C21H25N3O2/c1-15-4-3-5-19(16(15)2)23-20(25)14-21(26)24-12-8-18(9-13-24)17-6-10-22-11-7-17/h3-7,10-11,18H,8-9,12-14H2,1-2H3,(H,23,25). The molecule has 2 amide bonds. The van der Waals surface area contributed by atoms with E-state index in [1.54, 1.807) is 4.90 Å². The summed E-state index contributed by atoms with van der Waals surface area (Å²) < 4.78 is 0. The van der Waals surface area contributed by atoms with Crippen molar-refractivity contribution in [2.75, 3.05) is 18.4 Å². The molecule has 0 spiro atoms.